The Bertz CT molecular complexity index is 1070. The van der Waals surface area contributed by atoms with E-state index in [4.69, 9.17) is 9.47 Å². The second-order valence-corrected chi connectivity index (χ2v) is 7.80. The van der Waals surface area contributed by atoms with Crippen molar-refractivity contribution in [3.05, 3.63) is 76.1 Å². The molecule has 6 heteroatoms. The number of carbonyl (C=O) groups excluding carboxylic acids is 1. The Morgan fingerprint density at radius 1 is 1.13 bits per heavy atom. The summed E-state index contributed by atoms with van der Waals surface area (Å²) >= 11 is 0. The van der Waals surface area contributed by atoms with Crippen LogP contribution in [0.1, 0.15) is 58.2 Å². The van der Waals surface area contributed by atoms with Crippen LogP contribution in [0.25, 0.3) is 0 Å². The van der Waals surface area contributed by atoms with Gasteiger partial charge in [-0.25, -0.2) is 0 Å². The van der Waals surface area contributed by atoms with Crippen LogP contribution >= 0.6 is 0 Å². The molecule has 0 aliphatic carbocycles. The van der Waals surface area contributed by atoms with Crippen LogP contribution in [-0.4, -0.2) is 22.8 Å². The van der Waals surface area contributed by atoms with Crippen molar-refractivity contribution < 1.29 is 14.3 Å². The second-order valence-electron chi connectivity index (χ2n) is 7.80. The zero-order valence-corrected chi connectivity index (χ0v) is 19.2. The second kappa shape index (κ2) is 9.69. The summed E-state index contributed by atoms with van der Waals surface area (Å²) in [4.78, 5) is 12.9. The fraction of sp³-hybridized carbons (Fsp3) is 0.360. The number of benzene rings is 2. The maximum atomic E-state index is 12.9. The lowest BCUT2D eigenvalue weighted by molar-refractivity contribution is 0.0939. The number of hydrogen-bond acceptors (Lipinski definition) is 4. The molecular formula is C25H31N3O3. The Hall–Kier alpha value is -3.28. The van der Waals surface area contributed by atoms with Crippen LogP contribution in [0.5, 0.6) is 11.5 Å². The zero-order chi connectivity index (χ0) is 22.5. The number of nitrogens with one attached hydrogen (secondary N) is 1. The quantitative estimate of drug-likeness (QED) is 0.561. The van der Waals surface area contributed by atoms with Gasteiger partial charge in [0.1, 0.15) is 18.1 Å². The lowest BCUT2D eigenvalue weighted by Crippen LogP contribution is -2.27. The molecule has 1 atom stereocenters. The number of carbonyl (C=O) groups is 1. The number of nitrogens with zero attached hydrogens (tertiary/aromatic N) is 2. The number of rotatable bonds is 8. The molecular weight excluding hydrogens is 390 g/mol. The molecule has 2 aromatic carbocycles. The van der Waals surface area contributed by atoms with Gasteiger partial charge in [0.15, 0.2) is 0 Å². The highest BCUT2D eigenvalue weighted by molar-refractivity contribution is 5.94. The Balaban J connectivity index is 1.76. The lowest BCUT2D eigenvalue weighted by atomic mass is 10.1. The van der Waals surface area contributed by atoms with Gasteiger partial charge in [0, 0.05) is 29.4 Å². The normalized spacial score (nSPS) is 11.8. The van der Waals surface area contributed by atoms with E-state index < -0.39 is 0 Å². The number of aryl methyl sites for hydroxylation is 4. The first kappa shape index (κ1) is 22.4. The van der Waals surface area contributed by atoms with Gasteiger partial charge in [0.2, 0.25) is 0 Å². The van der Waals surface area contributed by atoms with E-state index in [0.717, 1.165) is 40.2 Å². The van der Waals surface area contributed by atoms with E-state index in [1.54, 1.807) is 13.2 Å². The maximum Gasteiger partial charge on any atom is 0.251 e. The Morgan fingerprint density at radius 2 is 1.90 bits per heavy atom. The fourth-order valence-corrected chi connectivity index (χ4v) is 3.53. The summed E-state index contributed by atoms with van der Waals surface area (Å²) in [7, 11) is 1.62. The van der Waals surface area contributed by atoms with Crippen LogP contribution in [0.15, 0.2) is 42.6 Å². The minimum absolute atomic E-state index is 0.146. The third-order valence-electron chi connectivity index (χ3n) is 5.39. The van der Waals surface area contributed by atoms with Crippen LogP contribution in [0, 0.1) is 20.8 Å². The lowest BCUT2D eigenvalue weighted by Gasteiger charge is -2.16. The summed E-state index contributed by atoms with van der Waals surface area (Å²) in [6.07, 6.45) is 1.98. The highest BCUT2D eigenvalue weighted by Crippen LogP contribution is 2.25. The summed E-state index contributed by atoms with van der Waals surface area (Å²) in [6.45, 7) is 11.1. The zero-order valence-electron chi connectivity index (χ0n) is 19.2. The van der Waals surface area contributed by atoms with Gasteiger partial charge in [0.25, 0.3) is 5.91 Å². The predicted octanol–water partition coefficient (Wildman–Crippen LogP) is 4.91. The van der Waals surface area contributed by atoms with Crippen LogP contribution < -0.4 is 14.8 Å². The van der Waals surface area contributed by atoms with E-state index in [0.29, 0.717) is 17.9 Å². The summed E-state index contributed by atoms with van der Waals surface area (Å²) in [5.74, 6) is 1.37. The van der Waals surface area contributed by atoms with E-state index in [1.165, 1.54) is 0 Å². The highest BCUT2D eigenvalue weighted by Gasteiger charge is 2.17. The largest absolute Gasteiger partial charge is 0.496 e. The minimum atomic E-state index is -0.149. The first-order valence-corrected chi connectivity index (χ1v) is 10.5. The SMILES string of the molecule is CCn1cc(C(C)NC(=O)c2ccc(OC)c(COc3cc(C)ccc3C)c2)c(C)n1. The van der Waals surface area contributed by atoms with E-state index in [9.17, 15) is 4.79 Å². The number of ether oxygens (including phenoxy) is 2. The Kier molecular flexibility index (Phi) is 7.00. The number of amides is 1. The topological polar surface area (TPSA) is 65.4 Å². The fourth-order valence-electron chi connectivity index (χ4n) is 3.53. The highest BCUT2D eigenvalue weighted by atomic mass is 16.5. The molecule has 1 unspecified atom stereocenters. The van der Waals surface area contributed by atoms with Crippen molar-refractivity contribution in [3.63, 3.8) is 0 Å². The summed E-state index contributed by atoms with van der Waals surface area (Å²) < 4.78 is 13.4. The monoisotopic (exact) mass is 421 g/mol. The number of methoxy groups -OCH3 is 1. The average molecular weight is 422 g/mol. The number of aromatic nitrogens is 2. The molecule has 0 fully saturated rings. The average Bonchev–Trinajstić information content (AvgIpc) is 3.15. The third-order valence-corrected chi connectivity index (χ3v) is 5.39. The van der Waals surface area contributed by atoms with Crippen molar-refractivity contribution in [3.8, 4) is 11.5 Å². The van der Waals surface area contributed by atoms with Crippen molar-refractivity contribution in [2.24, 2.45) is 0 Å². The predicted molar refractivity (Wildman–Crippen MR) is 122 cm³/mol. The van der Waals surface area contributed by atoms with Gasteiger partial charge in [-0.3, -0.25) is 9.48 Å². The van der Waals surface area contributed by atoms with Crippen molar-refractivity contribution in [2.45, 2.75) is 53.8 Å². The van der Waals surface area contributed by atoms with Gasteiger partial charge in [-0.15, -0.1) is 0 Å². The van der Waals surface area contributed by atoms with Gasteiger partial charge in [-0.1, -0.05) is 12.1 Å². The van der Waals surface area contributed by atoms with E-state index in [1.807, 2.05) is 69.8 Å². The molecule has 0 bridgehead atoms. The van der Waals surface area contributed by atoms with Crippen LogP contribution in [-0.2, 0) is 13.2 Å². The van der Waals surface area contributed by atoms with Gasteiger partial charge in [-0.2, -0.15) is 5.10 Å². The van der Waals surface area contributed by atoms with Crippen LogP contribution in [0.2, 0.25) is 0 Å². The van der Waals surface area contributed by atoms with E-state index in [2.05, 4.69) is 16.5 Å². The van der Waals surface area contributed by atoms with Crippen molar-refractivity contribution in [1.29, 1.82) is 0 Å². The van der Waals surface area contributed by atoms with Crippen molar-refractivity contribution >= 4 is 5.91 Å². The third kappa shape index (κ3) is 5.26. The first-order valence-electron chi connectivity index (χ1n) is 10.5. The Morgan fingerprint density at radius 3 is 2.58 bits per heavy atom. The molecule has 0 saturated heterocycles. The molecule has 3 rings (SSSR count). The Labute approximate surface area is 184 Å². The smallest absolute Gasteiger partial charge is 0.251 e. The molecule has 3 aromatic rings. The minimum Gasteiger partial charge on any atom is -0.496 e. The molecule has 6 nitrogen and oxygen atoms in total. The van der Waals surface area contributed by atoms with Gasteiger partial charge in [-0.05, 0) is 70.0 Å². The molecule has 0 aliphatic rings. The molecule has 31 heavy (non-hydrogen) atoms. The van der Waals surface area contributed by atoms with E-state index in [-0.39, 0.29) is 11.9 Å². The van der Waals surface area contributed by atoms with Crippen molar-refractivity contribution in [1.82, 2.24) is 15.1 Å². The molecule has 1 amide bonds. The standard InChI is InChI=1S/C25H31N3O3/c1-7-28-14-22(19(5)27-28)18(4)26-25(29)20-10-11-23(30-6)21(13-20)15-31-24-12-16(2)8-9-17(24)3/h8-14,18H,7,15H2,1-6H3,(H,26,29). The molecule has 1 heterocycles. The summed E-state index contributed by atoms with van der Waals surface area (Å²) in [5.41, 5.74) is 5.52. The van der Waals surface area contributed by atoms with Crippen LogP contribution in [0.3, 0.4) is 0 Å². The summed E-state index contributed by atoms with van der Waals surface area (Å²) in [5, 5.41) is 7.54. The molecule has 0 saturated carbocycles. The van der Waals surface area contributed by atoms with Crippen molar-refractivity contribution in [2.75, 3.05) is 7.11 Å². The molecule has 0 spiro atoms. The molecule has 0 aliphatic heterocycles. The van der Waals surface area contributed by atoms with Gasteiger partial charge in [0.05, 0.1) is 18.8 Å². The molecule has 1 N–H and O–H groups in total. The van der Waals surface area contributed by atoms with E-state index >= 15 is 0 Å². The van der Waals surface area contributed by atoms with Crippen LogP contribution in [0.4, 0.5) is 0 Å². The first-order chi connectivity index (χ1) is 14.8. The number of hydrogen-bond donors (Lipinski definition) is 1. The molecule has 164 valence electrons. The summed E-state index contributed by atoms with van der Waals surface area (Å²) in [6, 6.07) is 11.4. The van der Waals surface area contributed by atoms with Gasteiger partial charge >= 0.3 is 0 Å². The maximum absolute atomic E-state index is 12.9. The molecule has 0 radical (unpaired) electrons. The van der Waals surface area contributed by atoms with Gasteiger partial charge < -0.3 is 14.8 Å². The molecule has 1 aromatic heterocycles.